The molecule has 1 fully saturated rings. The molecule has 34 heavy (non-hydrogen) atoms. The lowest BCUT2D eigenvalue weighted by Gasteiger charge is -2.26. The zero-order valence-electron chi connectivity index (χ0n) is 19.2. The molecule has 2 amide bonds. The van der Waals surface area contributed by atoms with E-state index in [2.05, 4.69) is 15.3 Å². The fourth-order valence-electron chi connectivity index (χ4n) is 4.38. The smallest absolute Gasteiger partial charge is 0.259 e. The molecule has 0 saturated carbocycles. The molecule has 2 aromatic heterocycles. The molecular formula is C25H26N4O4S. The Bertz CT molecular complexity index is 1210. The number of para-hydroxylation sites is 1. The second kappa shape index (κ2) is 9.52. The highest BCUT2D eigenvalue weighted by Gasteiger charge is 2.33. The molecular weight excluding hydrogens is 452 g/mol. The van der Waals surface area contributed by atoms with Crippen LogP contribution < -0.4 is 10.1 Å². The Hall–Kier alpha value is -3.30. The van der Waals surface area contributed by atoms with Crippen LogP contribution in [0.4, 0.5) is 5.13 Å². The van der Waals surface area contributed by atoms with Gasteiger partial charge in [-0.15, -0.1) is 0 Å². The van der Waals surface area contributed by atoms with Crippen molar-refractivity contribution >= 4 is 28.3 Å². The molecule has 1 unspecified atom stereocenters. The number of carbonyl (C=O) groups is 2. The van der Waals surface area contributed by atoms with E-state index in [1.165, 1.54) is 11.3 Å². The van der Waals surface area contributed by atoms with Crippen LogP contribution in [0.2, 0.25) is 0 Å². The highest BCUT2D eigenvalue weighted by molar-refractivity contribution is 7.16. The lowest BCUT2D eigenvalue weighted by molar-refractivity contribution is -0.147. The summed E-state index contributed by atoms with van der Waals surface area (Å²) >= 11 is 1.40. The third-order valence-corrected chi connectivity index (χ3v) is 7.12. The fourth-order valence-corrected chi connectivity index (χ4v) is 5.37. The Morgan fingerprint density at radius 2 is 2.06 bits per heavy atom. The molecule has 1 aromatic carbocycles. The van der Waals surface area contributed by atoms with Gasteiger partial charge in [0.1, 0.15) is 11.9 Å². The van der Waals surface area contributed by atoms with Crippen molar-refractivity contribution < 1.29 is 19.1 Å². The summed E-state index contributed by atoms with van der Waals surface area (Å²) in [5.74, 6) is 0.425. The van der Waals surface area contributed by atoms with Gasteiger partial charge in [-0.2, -0.15) is 0 Å². The first-order valence-corrected chi connectivity index (χ1v) is 12.2. The molecule has 5 rings (SSSR count). The summed E-state index contributed by atoms with van der Waals surface area (Å²) in [6.07, 6.45) is 4.04. The lowest BCUT2D eigenvalue weighted by Crippen LogP contribution is -2.39. The van der Waals surface area contributed by atoms with Crippen LogP contribution in [0.25, 0.3) is 11.1 Å². The first-order chi connectivity index (χ1) is 16.5. The van der Waals surface area contributed by atoms with Crippen molar-refractivity contribution in [3.63, 3.8) is 0 Å². The van der Waals surface area contributed by atoms with Gasteiger partial charge in [0, 0.05) is 29.6 Å². The minimum Gasteiger partial charge on any atom is -0.496 e. The van der Waals surface area contributed by atoms with Gasteiger partial charge >= 0.3 is 0 Å². The summed E-state index contributed by atoms with van der Waals surface area (Å²) in [5.41, 5.74) is 3.64. The molecule has 9 heteroatoms. The van der Waals surface area contributed by atoms with Gasteiger partial charge in [0.05, 0.1) is 36.3 Å². The largest absolute Gasteiger partial charge is 0.496 e. The number of nitrogens with one attached hydrogen (secondary N) is 1. The van der Waals surface area contributed by atoms with E-state index in [0.717, 1.165) is 46.7 Å². The van der Waals surface area contributed by atoms with E-state index in [1.807, 2.05) is 37.3 Å². The number of ether oxygens (including phenoxy) is 2. The Labute approximate surface area is 201 Å². The first kappa shape index (κ1) is 22.5. The summed E-state index contributed by atoms with van der Waals surface area (Å²) in [6.45, 7) is 3.47. The van der Waals surface area contributed by atoms with Gasteiger partial charge in [-0.1, -0.05) is 29.5 Å². The van der Waals surface area contributed by atoms with Crippen molar-refractivity contribution in [2.24, 2.45) is 0 Å². The summed E-state index contributed by atoms with van der Waals surface area (Å²) in [6, 6.07) is 9.46. The number of anilines is 1. The van der Waals surface area contributed by atoms with E-state index < -0.39 is 0 Å². The number of benzene rings is 1. The average molecular weight is 479 g/mol. The number of fused-ring (bicyclic) bond motifs is 1. The zero-order valence-corrected chi connectivity index (χ0v) is 20.0. The standard InChI is InChI=1S/C25H26N4O4S/c1-15-11-17(16-7-3-4-8-20(16)32-2)18(12-26-15)23(30)28-25-27-19-13-29(14-22(19)34-25)24(31)21-9-5-6-10-33-21/h3-4,7-8,11-12,21H,5-6,9-10,13-14H2,1-2H3,(H,27,28,30). The molecule has 2 aliphatic rings. The number of carbonyl (C=O) groups excluding carboxylic acids is 2. The lowest BCUT2D eigenvalue weighted by atomic mass is 9.99. The van der Waals surface area contributed by atoms with E-state index >= 15 is 0 Å². The van der Waals surface area contributed by atoms with Crippen LogP contribution in [0, 0.1) is 6.92 Å². The van der Waals surface area contributed by atoms with Gasteiger partial charge in [-0.25, -0.2) is 4.98 Å². The van der Waals surface area contributed by atoms with E-state index in [0.29, 0.717) is 36.1 Å². The van der Waals surface area contributed by atoms with Gasteiger partial charge < -0.3 is 14.4 Å². The SMILES string of the molecule is COc1ccccc1-c1cc(C)ncc1C(=O)Nc1nc2c(s1)CN(C(=O)C1CCCCO1)C2. The highest BCUT2D eigenvalue weighted by atomic mass is 32.1. The maximum Gasteiger partial charge on any atom is 0.259 e. The van der Waals surface area contributed by atoms with Gasteiger partial charge in [-0.3, -0.25) is 19.9 Å². The highest BCUT2D eigenvalue weighted by Crippen LogP contribution is 2.35. The Morgan fingerprint density at radius 1 is 1.21 bits per heavy atom. The summed E-state index contributed by atoms with van der Waals surface area (Å²) in [4.78, 5) is 37.7. The normalized spacial score (nSPS) is 17.4. The van der Waals surface area contributed by atoms with Gasteiger partial charge in [0.15, 0.2) is 5.13 Å². The van der Waals surface area contributed by atoms with Crippen LogP contribution in [0.3, 0.4) is 0 Å². The minimum atomic E-state index is -0.343. The topological polar surface area (TPSA) is 93.6 Å². The van der Waals surface area contributed by atoms with Crippen LogP contribution in [-0.2, 0) is 22.6 Å². The molecule has 1 N–H and O–H groups in total. The Balaban J connectivity index is 1.32. The number of hydrogen-bond acceptors (Lipinski definition) is 7. The monoisotopic (exact) mass is 478 g/mol. The van der Waals surface area contributed by atoms with Crippen molar-refractivity contribution in [2.45, 2.75) is 45.4 Å². The van der Waals surface area contributed by atoms with E-state index in [4.69, 9.17) is 9.47 Å². The van der Waals surface area contributed by atoms with E-state index in [-0.39, 0.29) is 17.9 Å². The molecule has 0 radical (unpaired) electrons. The van der Waals surface area contributed by atoms with E-state index in [1.54, 1.807) is 18.2 Å². The van der Waals surface area contributed by atoms with Crippen molar-refractivity contribution in [3.05, 3.63) is 58.4 Å². The number of pyridine rings is 1. The predicted octanol–water partition coefficient (Wildman–Crippen LogP) is 4.19. The number of methoxy groups -OCH3 is 1. The van der Waals surface area contributed by atoms with Crippen molar-refractivity contribution in [1.82, 2.24) is 14.9 Å². The van der Waals surface area contributed by atoms with Crippen LogP contribution in [0.5, 0.6) is 5.75 Å². The second-order valence-corrected chi connectivity index (χ2v) is 9.55. The Morgan fingerprint density at radius 3 is 2.82 bits per heavy atom. The molecule has 1 saturated heterocycles. The minimum absolute atomic E-state index is 0.0302. The van der Waals surface area contributed by atoms with Crippen LogP contribution in [0.15, 0.2) is 36.5 Å². The second-order valence-electron chi connectivity index (χ2n) is 8.46. The quantitative estimate of drug-likeness (QED) is 0.591. The Kier molecular flexibility index (Phi) is 6.30. The van der Waals surface area contributed by atoms with Crippen molar-refractivity contribution in [3.8, 4) is 16.9 Å². The molecule has 0 aliphatic carbocycles. The van der Waals surface area contributed by atoms with Gasteiger partial charge in [0.2, 0.25) is 0 Å². The summed E-state index contributed by atoms with van der Waals surface area (Å²) in [7, 11) is 1.61. The van der Waals surface area contributed by atoms with Crippen molar-refractivity contribution in [1.29, 1.82) is 0 Å². The number of aromatic nitrogens is 2. The third-order valence-electron chi connectivity index (χ3n) is 6.12. The number of thiazole rings is 1. The average Bonchev–Trinajstić information content (AvgIpc) is 3.42. The fraction of sp³-hybridized carbons (Fsp3) is 0.360. The van der Waals surface area contributed by atoms with Gasteiger partial charge in [0.25, 0.3) is 11.8 Å². The number of rotatable bonds is 5. The zero-order chi connectivity index (χ0) is 23.7. The van der Waals surface area contributed by atoms with E-state index in [9.17, 15) is 9.59 Å². The molecule has 0 spiro atoms. The maximum absolute atomic E-state index is 13.2. The molecule has 4 heterocycles. The summed E-state index contributed by atoms with van der Waals surface area (Å²) < 4.78 is 11.1. The number of hydrogen-bond donors (Lipinski definition) is 1. The number of amides is 2. The molecule has 0 bridgehead atoms. The molecule has 2 aliphatic heterocycles. The molecule has 1 atom stereocenters. The maximum atomic E-state index is 13.2. The third kappa shape index (κ3) is 4.41. The molecule has 8 nitrogen and oxygen atoms in total. The van der Waals surface area contributed by atoms with Crippen LogP contribution in [-0.4, -0.2) is 46.5 Å². The molecule has 3 aromatic rings. The molecule has 176 valence electrons. The van der Waals surface area contributed by atoms with Crippen molar-refractivity contribution in [2.75, 3.05) is 19.0 Å². The summed E-state index contributed by atoms with van der Waals surface area (Å²) in [5, 5.41) is 3.44. The number of aryl methyl sites for hydroxylation is 1. The van der Waals surface area contributed by atoms with Gasteiger partial charge in [-0.05, 0) is 38.3 Å². The number of nitrogens with zero attached hydrogens (tertiary/aromatic N) is 3. The predicted molar refractivity (Wildman–Crippen MR) is 129 cm³/mol. The van der Waals surface area contributed by atoms with Crippen LogP contribution >= 0.6 is 11.3 Å². The first-order valence-electron chi connectivity index (χ1n) is 11.3. The van der Waals surface area contributed by atoms with Crippen LogP contribution in [0.1, 0.15) is 45.9 Å².